The molecule has 0 aromatic heterocycles. The Hall–Kier alpha value is -0.0800. The average molecular weight is 225 g/mol. The van der Waals surface area contributed by atoms with Gasteiger partial charge in [-0.15, -0.1) is 0 Å². The van der Waals surface area contributed by atoms with Crippen LogP contribution in [0.3, 0.4) is 0 Å². The van der Waals surface area contributed by atoms with Gasteiger partial charge in [-0.2, -0.15) is 0 Å². The summed E-state index contributed by atoms with van der Waals surface area (Å²) in [5.74, 6) is 0. The molecule has 0 saturated heterocycles. The van der Waals surface area contributed by atoms with E-state index >= 15 is 0 Å². The number of aliphatic hydroxyl groups excluding tert-OH is 1. The van der Waals surface area contributed by atoms with Gasteiger partial charge < -0.3 is 5.11 Å². The van der Waals surface area contributed by atoms with Crippen LogP contribution in [0.4, 0.5) is 0 Å². The molecule has 2 aliphatic carbocycles. The number of nitrogens with zero attached hydrogens (tertiary/aromatic N) is 1. The van der Waals surface area contributed by atoms with Crippen molar-refractivity contribution in [3.05, 3.63) is 0 Å². The van der Waals surface area contributed by atoms with Gasteiger partial charge in [0.05, 0.1) is 6.10 Å². The van der Waals surface area contributed by atoms with Crippen LogP contribution in [0.25, 0.3) is 0 Å². The first kappa shape index (κ1) is 12.4. The van der Waals surface area contributed by atoms with Crippen molar-refractivity contribution in [3.8, 4) is 0 Å². The molecule has 2 nitrogen and oxygen atoms in total. The van der Waals surface area contributed by atoms with Crippen molar-refractivity contribution in [2.45, 2.75) is 82.9 Å². The molecular weight excluding hydrogens is 198 g/mol. The van der Waals surface area contributed by atoms with Gasteiger partial charge in [-0.25, -0.2) is 0 Å². The second-order valence-electron chi connectivity index (χ2n) is 5.54. The number of aliphatic hydroxyl groups is 1. The summed E-state index contributed by atoms with van der Waals surface area (Å²) in [5, 5.41) is 10.3. The van der Waals surface area contributed by atoms with E-state index in [-0.39, 0.29) is 6.10 Å². The predicted octanol–water partition coefficient (Wildman–Crippen LogP) is 2.94. The van der Waals surface area contributed by atoms with Crippen molar-refractivity contribution < 1.29 is 5.11 Å². The molecule has 0 heterocycles. The van der Waals surface area contributed by atoms with Crippen LogP contribution in [0, 0.1) is 0 Å². The molecule has 2 fully saturated rings. The molecule has 16 heavy (non-hydrogen) atoms. The lowest BCUT2D eigenvalue weighted by molar-refractivity contribution is 0.0238. The predicted molar refractivity (Wildman–Crippen MR) is 67.5 cm³/mol. The van der Waals surface area contributed by atoms with Crippen LogP contribution in [0.2, 0.25) is 0 Å². The van der Waals surface area contributed by atoms with Crippen LogP contribution in [0.15, 0.2) is 0 Å². The maximum Gasteiger partial charge on any atom is 0.0695 e. The fraction of sp³-hybridized carbons (Fsp3) is 1.00. The van der Waals surface area contributed by atoms with Crippen LogP contribution < -0.4 is 0 Å². The van der Waals surface area contributed by atoms with Crippen LogP contribution in [0.1, 0.15) is 64.7 Å². The van der Waals surface area contributed by atoms with E-state index in [1.54, 1.807) is 0 Å². The Balaban J connectivity index is 1.99. The smallest absolute Gasteiger partial charge is 0.0695 e. The van der Waals surface area contributed by atoms with E-state index in [0.29, 0.717) is 6.04 Å². The van der Waals surface area contributed by atoms with Crippen molar-refractivity contribution in [3.63, 3.8) is 0 Å². The first-order valence-electron chi connectivity index (χ1n) is 7.26. The molecule has 2 unspecified atom stereocenters. The van der Waals surface area contributed by atoms with Crippen LogP contribution in [-0.2, 0) is 0 Å². The molecule has 0 aliphatic heterocycles. The summed E-state index contributed by atoms with van der Waals surface area (Å²) in [7, 11) is 0. The molecule has 2 aliphatic rings. The minimum Gasteiger partial charge on any atom is -0.391 e. The van der Waals surface area contributed by atoms with Gasteiger partial charge in [-0.3, -0.25) is 4.90 Å². The molecule has 0 radical (unpaired) electrons. The Morgan fingerprint density at radius 2 is 1.56 bits per heavy atom. The maximum absolute atomic E-state index is 10.3. The van der Waals surface area contributed by atoms with Crippen LogP contribution >= 0.6 is 0 Å². The van der Waals surface area contributed by atoms with Crippen molar-refractivity contribution in [2.75, 3.05) is 6.54 Å². The molecule has 0 aromatic rings. The highest BCUT2D eigenvalue weighted by molar-refractivity contribution is 4.87. The molecular formula is C14H27NO. The second-order valence-corrected chi connectivity index (χ2v) is 5.54. The Morgan fingerprint density at radius 1 is 0.938 bits per heavy atom. The molecule has 94 valence electrons. The van der Waals surface area contributed by atoms with Gasteiger partial charge >= 0.3 is 0 Å². The summed E-state index contributed by atoms with van der Waals surface area (Å²) in [5.41, 5.74) is 0. The molecule has 0 aromatic carbocycles. The minimum atomic E-state index is -0.0666. The summed E-state index contributed by atoms with van der Waals surface area (Å²) in [4.78, 5) is 2.61. The highest BCUT2D eigenvalue weighted by atomic mass is 16.3. The van der Waals surface area contributed by atoms with Crippen molar-refractivity contribution >= 4 is 0 Å². The zero-order chi connectivity index (χ0) is 11.4. The van der Waals surface area contributed by atoms with E-state index in [4.69, 9.17) is 0 Å². The van der Waals surface area contributed by atoms with E-state index in [2.05, 4.69) is 11.8 Å². The third kappa shape index (κ3) is 2.78. The molecule has 1 N–H and O–H groups in total. The van der Waals surface area contributed by atoms with Crippen LogP contribution in [-0.4, -0.2) is 34.7 Å². The fourth-order valence-electron chi connectivity index (χ4n) is 3.65. The van der Waals surface area contributed by atoms with Gasteiger partial charge in [0.15, 0.2) is 0 Å². The zero-order valence-corrected chi connectivity index (χ0v) is 10.7. The first-order chi connectivity index (χ1) is 7.83. The lowest BCUT2D eigenvalue weighted by Crippen LogP contribution is -2.47. The SMILES string of the molecule is CCN(C1CCCC1)C1CCCCCC1O. The van der Waals surface area contributed by atoms with Crippen molar-refractivity contribution in [2.24, 2.45) is 0 Å². The van der Waals surface area contributed by atoms with Crippen molar-refractivity contribution in [1.82, 2.24) is 4.90 Å². The molecule has 2 heteroatoms. The summed E-state index contributed by atoms with van der Waals surface area (Å²) in [6, 6.07) is 1.22. The molecule has 0 spiro atoms. The van der Waals surface area contributed by atoms with Gasteiger partial charge in [0.2, 0.25) is 0 Å². The van der Waals surface area contributed by atoms with Gasteiger partial charge in [0.1, 0.15) is 0 Å². The number of rotatable bonds is 3. The Bertz CT molecular complexity index is 201. The van der Waals surface area contributed by atoms with E-state index in [1.807, 2.05) is 0 Å². The maximum atomic E-state index is 10.3. The lowest BCUT2D eigenvalue weighted by atomic mass is 10.0. The highest BCUT2D eigenvalue weighted by Gasteiger charge is 2.32. The van der Waals surface area contributed by atoms with Crippen molar-refractivity contribution in [1.29, 1.82) is 0 Å². The van der Waals surface area contributed by atoms with Crippen LogP contribution in [0.5, 0.6) is 0 Å². The molecule has 0 amide bonds. The average Bonchev–Trinajstić information content (AvgIpc) is 2.72. The summed E-state index contributed by atoms with van der Waals surface area (Å²) in [6.07, 6.45) is 11.5. The van der Waals surface area contributed by atoms with Gasteiger partial charge in [0.25, 0.3) is 0 Å². The molecule has 2 atom stereocenters. The zero-order valence-electron chi connectivity index (χ0n) is 10.7. The monoisotopic (exact) mass is 225 g/mol. The Kier molecular flexibility index (Phi) is 4.66. The van der Waals surface area contributed by atoms with Gasteiger partial charge in [0, 0.05) is 12.1 Å². The normalized spacial score (nSPS) is 33.2. The standard InChI is InChI=1S/C14H27NO/c1-2-15(12-8-6-7-9-12)13-10-4-3-5-11-14(13)16/h12-14,16H,2-11H2,1H3. The largest absolute Gasteiger partial charge is 0.391 e. The topological polar surface area (TPSA) is 23.5 Å². The third-order valence-electron chi connectivity index (χ3n) is 4.53. The quantitative estimate of drug-likeness (QED) is 0.747. The fourth-order valence-corrected chi connectivity index (χ4v) is 3.65. The number of likely N-dealkylation sites (N-methyl/N-ethyl adjacent to an activating group) is 1. The molecule has 0 bridgehead atoms. The Labute approximate surface area is 100 Å². The summed E-state index contributed by atoms with van der Waals surface area (Å²) < 4.78 is 0. The first-order valence-corrected chi connectivity index (χ1v) is 7.26. The minimum absolute atomic E-state index is 0.0666. The van der Waals surface area contributed by atoms with Gasteiger partial charge in [-0.1, -0.05) is 39.0 Å². The Morgan fingerprint density at radius 3 is 2.25 bits per heavy atom. The second kappa shape index (κ2) is 6.02. The van der Waals surface area contributed by atoms with E-state index < -0.39 is 0 Å². The number of hydrogen-bond donors (Lipinski definition) is 1. The highest BCUT2D eigenvalue weighted by Crippen LogP contribution is 2.30. The lowest BCUT2D eigenvalue weighted by Gasteiger charge is -2.37. The van der Waals surface area contributed by atoms with E-state index in [9.17, 15) is 5.11 Å². The summed E-state index contributed by atoms with van der Waals surface area (Å²) >= 11 is 0. The van der Waals surface area contributed by atoms with E-state index in [1.165, 1.54) is 51.4 Å². The third-order valence-corrected chi connectivity index (χ3v) is 4.53. The van der Waals surface area contributed by atoms with Gasteiger partial charge in [-0.05, 0) is 32.2 Å². The summed E-state index contributed by atoms with van der Waals surface area (Å²) in [6.45, 7) is 3.38. The molecule has 2 saturated carbocycles. The number of hydrogen-bond acceptors (Lipinski definition) is 2. The van der Waals surface area contributed by atoms with E-state index in [0.717, 1.165) is 19.0 Å². The molecule has 2 rings (SSSR count).